The minimum absolute atomic E-state index is 0.0349. The van der Waals surface area contributed by atoms with Gasteiger partial charge in [-0.15, -0.1) is 0 Å². The fourth-order valence-corrected chi connectivity index (χ4v) is 2.16. The maximum atomic E-state index is 11.8. The summed E-state index contributed by atoms with van der Waals surface area (Å²) in [4.78, 5) is 34.9. The van der Waals surface area contributed by atoms with E-state index >= 15 is 0 Å². The van der Waals surface area contributed by atoms with Gasteiger partial charge in [0, 0.05) is 37.2 Å². The number of amides is 4. The van der Waals surface area contributed by atoms with Crippen molar-refractivity contribution >= 4 is 23.5 Å². The number of rotatable bonds is 8. The summed E-state index contributed by atoms with van der Waals surface area (Å²) in [7, 11) is 0. The highest BCUT2D eigenvalue weighted by atomic mass is 16.2. The monoisotopic (exact) mass is 346 g/mol. The second-order valence-corrected chi connectivity index (χ2v) is 6.52. The third kappa shape index (κ3) is 6.82. The third-order valence-corrected chi connectivity index (χ3v) is 3.83. The fraction of sp³-hybridized carbons (Fsp3) is 0.500. The fourth-order valence-electron chi connectivity index (χ4n) is 2.16. The van der Waals surface area contributed by atoms with Gasteiger partial charge in [0.25, 0.3) is 0 Å². The van der Waals surface area contributed by atoms with E-state index in [0.717, 1.165) is 24.1 Å². The molecule has 0 bridgehead atoms. The number of anilines is 1. The van der Waals surface area contributed by atoms with Crippen molar-refractivity contribution < 1.29 is 14.4 Å². The summed E-state index contributed by atoms with van der Waals surface area (Å²) < 4.78 is 0. The Hall–Kier alpha value is -2.57. The van der Waals surface area contributed by atoms with Crippen molar-refractivity contribution in [2.75, 3.05) is 18.4 Å². The molecular weight excluding hydrogens is 320 g/mol. The molecule has 0 spiro atoms. The zero-order chi connectivity index (χ0) is 18.2. The molecule has 0 heterocycles. The summed E-state index contributed by atoms with van der Waals surface area (Å²) in [5.41, 5.74) is 1.64. The van der Waals surface area contributed by atoms with Crippen molar-refractivity contribution in [1.82, 2.24) is 16.0 Å². The number of nitrogens with one attached hydrogen (secondary N) is 4. The van der Waals surface area contributed by atoms with Crippen LogP contribution in [0.3, 0.4) is 0 Å². The zero-order valence-electron chi connectivity index (χ0n) is 14.7. The smallest absolute Gasteiger partial charge is 0.315 e. The molecule has 4 N–H and O–H groups in total. The first-order valence-corrected chi connectivity index (χ1v) is 8.65. The molecule has 1 saturated carbocycles. The summed E-state index contributed by atoms with van der Waals surface area (Å²) in [5, 5.41) is 11.0. The van der Waals surface area contributed by atoms with Crippen LogP contribution in [0.2, 0.25) is 0 Å². The van der Waals surface area contributed by atoms with Crippen LogP contribution in [-0.2, 0) is 16.1 Å². The summed E-state index contributed by atoms with van der Waals surface area (Å²) in [5.74, 6) is 0.115. The molecule has 136 valence electrons. The Morgan fingerprint density at radius 3 is 2.48 bits per heavy atom. The van der Waals surface area contributed by atoms with Gasteiger partial charge >= 0.3 is 6.03 Å². The average Bonchev–Trinajstić information content (AvgIpc) is 3.42. The van der Waals surface area contributed by atoms with Gasteiger partial charge in [0.15, 0.2) is 0 Å². The van der Waals surface area contributed by atoms with Crippen molar-refractivity contribution in [2.24, 2.45) is 11.8 Å². The van der Waals surface area contributed by atoms with Crippen LogP contribution in [0, 0.1) is 11.8 Å². The Morgan fingerprint density at radius 2 is 1.80 bits per heavy atom. The van der Waals surface area contributed by atoms with Crippen molar-refractivity contribution in [3.63, 3.8) is 0 Å². The van der Waals surface area contributed by atoms with E-state index in [1.54, 1.807) is 0 Å². The van der Waals surface area contributed by atoms with Crippen LogP contribution in [0.15, 0.2) is 24.3 Å². The van der Waals surface area contributed by atoms with Crippen LogP contribution < -0.4 is 21.3 Å². The molecule has 25 heavy (non-hydrogen) atoms. The maximum absolute atomic E-state index is 11.8. The standard InChI is InChI=1S/C18H26N4O3/c1-12(2)16(23)19-8-9-20-18(25)21-11-13-4-3-5-15(10-13)22-17(24)14-6-7-14/h3-5,10,12,14H,6-9,11H2,1-2H3,(H,19,23)(H,22,24)(H2,20,21,25). The molecule has 1 aromatic carbocycles. The number of hydrogen-bond acceptors (Lipinski definition) is 3. The molecule has 1 aromatic rings. The lowest BCUT2D eigenvalue weighted by molar-refractivity contribution is -0.124. The highest BCUT2D eigenvalue weighted by molar-refractivity contribution is 5.94. The Balaban J connectivity index is 1.67. The van der Waals surface area contributed by atoms with Crippen molar-refractivity contribution in [3.05, 3.63) is 29.8 Å². The number of hydrogen-bond donors (Lipinski definition) is 4. The second kappa shape index (κ2) is 9.05. The molecule has 1 aliphatic carbocycles. The molecule has 2 rings (SSSR count). The van der Waals surface area contributed by atoms with E-state index in [0.29, 0.717) is 19.6 Å². The lowest BCUT2D eigenvalue weighted by Crippen LogP contribution is -2.40. The number of urea groups is 1. The number of carbonyl (C=O) groups excluding carboxylic acids is 3. The lowest BCUT2D eigenvalue weighted by Gasteiger charge is -2.11. The second-order valence-electron chi connectivity index (χ2n) is 6.52. The molecule has 0 atom stereocenters. The van der Waals surface area contributed by atoms with E-state index in [4.69, 9.17) is 0 Å². The van der Waals surface area contributed by atoms with Gasteiger partial charge in [0.05, 0.1) is 0 Å². The molecule has 7 heteroatoms. The topological polar surface area (TPSA) is 99.3 Å². The van der Waals surface area contributed by atoms with Crippen molar-refractivity contribution in [1.29, 1.82) is 0 Å². The molecule has 0 aliphatic heterocycles. The van der Waals surface area contributed by atoms with Gasteiger partial charge in [-0.2, -0.15) is 0 Å². The summed E-state index contributed by atoms with van der Waals surface area (Å²) >= 11 is 0. The SMILES string of the molecule is CC(C)C(=O)NCCNC(=O)NCc1cccc(NC(=O)C2CC2)c1. The third-order valence-electron chi connectivity index (χ3n) is 3.83. The van der Waals surface area contributed by atoms with Gasteiger partial charge in [0.1, 0.15) is 0 Å². The average molecular weight is 346 g/mol. The van der Waals surface area contributed by atoms with Gasteiger partial charge in [0.2, 0.25) is 11.8 Å². The van der Waals surface area contributed by atoms with Crippen LogP contribution in [0.25, 0.3) is 0 Å². The molecule has 1 fully saturated rings. The minimum Gasteiger partial charge on any atom is -0.354 e. The van der Waals surface area contributed by atoms with E-state index in [-0.39, 0.29) is 29.7 Å². The van der Waals surface area contributed by atoms with Crippen molar-refractivity contribution in [3.8, 4) is 0 Å². The predicted molar refractivity (Wildman–Crippen MR) is 95.9 cm³/mol. The highest BCUT2D eigenvalue weighted by Crippen LogP contribution is 2.30. The van der Waals surface area contributed by atoms with Gasteiger partial charge < -0.3 is 21.3 Å². The minimum atomic E-state index is -0.300. The lowest BCUT2D eigenvalue weighted by atomic mass is 10.2. The quantitative estimate of drug-likeness (QED) is 0.538. The summed E-state index contributed by atoms with van der Waals surface area (Å²) in [6, 6.07) is 7.12. The highest BCUT2D eigenvalue weighted by Gasteiger charge is 2.29. The van der Waals surface area contributed by atoms with E-state index < -0.39 is 0 Å². The zero-order valence-corrected chi connectivity index (χ0v) is 14.7. The first-order chi connectivity index (χ1) is 12.0. The van der Waals surface area contributed by atoms with E-state index in [2.05, 4.69) is 21.3 Å². The van der Waals surface area contributed by atoms with Gasteiger partial charge in [-0.3, -0.25) is 9.59 Å². The maximum Gasteiger partial charge on any atom is 0.315 e. The summed E-state index contributed by atoms with van der Waals surface area (Å²) in [6.45, 7) is 4.75. The molecule has 4 amide bonds. The Bertz CT molecular complexity index is 627. The molecule has 1 aliphatic rings. The molecule has 0 aromatic heterocycles. The summed E-state index contributed by atoms with van der Waals surface area (Å²) in [6.07, 6.45) is 1.93. The Labute approximate surface area is 147 Å². The molecular formula is C18H26N4O3. The van der Waals surface area contributed by atoms with Gasteiger partial charge in [-0.1, -0.05) is 26.0 Å². The molecule has 0 unspecified atom stereocenters. The van der Waals surface area contributed by atoms with E-state index in [1.165, 1.54) is 0 Å². The number of benzene rings is 1. The van der Waals surface area contributed by atoms with E-state index in [9.17, 15) is 14.4 Å². The largest absolute Gasteiger partial charge is 0.354 e. The first-order valence-electron chi connectivity index (χ1n) is 8.65. The van der Waals surface area contributed by atoms with Crippen molar-refractivity contribution in [2.45, 2.75) is 33.2 Å². The van der Waals surface area contributed by atoms with Crippen LogP contribution >= 0.6 is 0 Å². The molecule has 0 radical (unpaired) electrons. The Morgan fingerprint density at radius 1 is 1.08 bits per heavy atom. The van der Waals surface area contributed by atoms with Crippen LogP contribution in [0.1, 0.15) is 32.3 Å². The molecule has 7 nitrogen and oxygen atoms in total. The van der Waals surface area contributed by atoms with Gasteiger partial charge in [-0.25, -0.2) is 4.79 Å². The number of carbonyl (C=O) groups is 3. The molecule has 0 saturated heterocycles. The Kier molecular flexibility index (Phi) is 6.80. The van der Waals surface area contributed by atoms with Crippen LogP contribution in [0.4, 0.5) is 10.5 Å². The van der Waals surface area contributed by atoms with Gasteiger partial charge in [-0.05, 0) is 30.5 Å². The first kappa shape index (κ1) is 18.8. The van der Waals surface area contributed by atoms with Crippen LogP contribution in [-0.4, -0.2) is 30.9 Å². The van der Waals surface area contributed by atoms with Crippen LogP contribution in [0.5, 0.6) is 0 Å². The predicted octanol–water partition coefficient (Wildman–Crippen LogP) is 1.61. The van der Waals surface area contributed by atoms with E-state index in [1.807, 2.05) is 38.1 Å². The normalized spacial score (nSPS) is 13.2.